The fraction of sp³-hybridized carbons (Fsp3) is 0.308. The number of amides is 1. The van der Waals surface area contributed by atoms with E-state index in [2.05, 4.69) is 30.4 Å². The predicted molar refractivity (Wildman–Crippen MR) is 133 cm³/mol. The molecule has 1 unspecified atom stereocenters. The van der Waals surface area contributed by atoms with Gasteiger partial charge in [-0.3, -0.25) is 9.48 Å². The molecule has 9 nitrogen and oxygen atoms in total. The second-order valence-corrected chi connectivity index (χ2v) is 8.80. The highest BCUT2D eigenvalue weighted by Gasteiger charge is 2.21. The van der Waals surface area contributed by atoms with Crippen molar-refractivity contribution in [1.29, 1.82) is 0 Å². The summed E-state index contributed by atoms with van der Waals surface area (Å²) < 4.78 is 36.6. The van der Waals surface area contributed by atoms with Crippen LogP contribution in [0.25, 0.3) is 10.9 Å². The van der Waals surface area contributed by atoms with Gasteiger partial charge in [0.2, 0.25) is 5.95 Å². The molecular formula is C26H26F2N6O3. The first-order valence-electron chi connectivity index (χ1n) is 11.9. The minimum atomic E-state index is -2.91. The molecule has 0 saturated carbocycles. The summed E-state index contributed by atoms with van der Waals surface area (Å²) in [5, 5.41) is 11.4. The molecule has 1 fully saturated rings. The summed E-state index contributed by atoms with van der Waals surface area (Å²) in [6, 6.07) is 11.1. The monoisotopic (exact) mass is 508 g/mol. The van der Waals surface area contributed by atoms with Crippen LogP contribution in [0.4, 0.5) is 14.7 Å². The van der Waals surface area contributed by atoms with E-state index in [1.54, 1.807) is 60.7 Å². The Morgan fingerprint density at radius 3 is 2.59 bits per heavy atom. The number of hydrogen-bond acceptors (Lipinski definition) is 7. The Morgan fingerprint density at radius 2 is 1.89 bits per heavy atom. The summed E-state index contributed by atoms with van der Waals surface area (Å²) in [5.41, 5.74) is 2.50. The van der Waals surface area contributed by atoms with Gasteiger partial charge in [0.15, 0.2) is 0 Å². The van der Waals surface area contributed by atoms with Gasteiger partial charge in [-0.1, -0.05) is 18.2 Å². The first-order valence-corrected chi connectivity index (χ1v) is 11.9. The largest absolute Gasteiger partial charge is 0.435 e. The van der Waals surface area contributed by atoms with Crippen LogP contribution in [-0.4, -0.2) is 51.5 Å². The highest BCUT2D eigenvalue weighted by atomic mass is 19.3. The molecule has 37 heavy (non-hydrogen) atoms. The van der Waals surface area contributed by atoms with Gasteiger partial charge < -0.3 is 20.1 Å². The van der Waals surface area contributed by atoms with Crippen molar-refractivity contribution in [2.24, 2.45) is 7.05 Å². The molecule has 5 rings (SSSR count). The Morgan fingerprint density at radius 1 is 1.11 bits per heavy atom. The summed E-state index contributed by atoms with van der Waals surface area (Å²) >= 11 is 0. The average Bonchev–Trinajstić information content (AvgIpc) is 3.33. The van der Waals surface area contributed by atoms with E-state index in [0.29, 0.717) is 35.8 Å². The molecule has 2 aromatic carbocycles. The predicted octanol–water partition coefficient (Wildman–Crippen LogP) is 4.08. The molecule has 1 aliphatic heterocycles. The summed E-state index contributed by atoms with van der Waals surface area (Å²) in [4.78, 5) is 22.3. The lowest BCUT2D eigenvalue weighted by atomic mass is 10.0. The number of nitrogens with one attached hydrogen (secondary N) is 2. The number of hydrogen-bond donors (Lipinski definition) is 2. The van der Waals surface area contributed by atoms with Crippen LogP contribution in [0, 0.1) is 0 Å². The molecule has 1 amide bonds. The number of ether oxygens (including phenoxy) is 2. The topological polar surface area (TPSA) is 103 Å². The zero-order valence-electron chi connectivity index (χ0n) is 20.1. The van der Waals surface area contributed by atoms with Crippen LogP contribution < -0.4 is 15.4 Å². The molecule has 1 aliphatic rings. The number of rotatable bonds is 8. The summed E-state index contributed by atoms with van der Waals surface area (Å²) in [6.45, 7) is -1.51. The molecule has 0 spiro atoms. The lowest BCUT2D eigenvalue weighted by Crippen LogP contribution is -2.29. The van der Waals surface area contributed by atoms with Crippen molar-refractivity contribution in [2.75, 3.05) is 18.5 Å². The highest BCUT2D eigenvalue weighted by molar-refractivity contribution is 5.98. The quantitative estimate of drug-likeness (QED) is 0.370. The third-order valence-corrected chi connectivity index (χ3v) is 6.17. The molecule has 2 aromatic heterocycles. The number of aromatic nitrogens is 4. The molecule has 1 atom stereocenters. The van der Waals surface area contributed by atoms with Crippen molar-refractivity contribution in [3.8, 4) is 5.75 Å². The third kappa shape index (κ3) is 6.00. The zero-order valence-corrected chi connectivity index (χ0v) is 20.1. The smallest absolute Gasteiger partial charge is 0.387 e. The van der Waals surface area contributed by atoms with E-state index in [9.17, 15) is 13.6 Å². The number of nitrogens with zero attached hydrogens (tertiary/aromatic N) is 4. The van der Waals surface area contributed by atoms with E-state index < -0.39 is 12.7 Å². The van der Waals surface area contributed by atoms with Crippen LogP contribution in [0.15, 0.2) is 61.1 Å². The van der Waals surface area contributed by atoms with Gasteiger partial charge in [0.05, 0.1) is 17.8 Å². The standard InChI is InChI=1S/C26H26F2N6O3/c1-34-15-19(14-30-34)23(16-4-6-21(7-5-16)37-25(27)28)33-24(35)17-2-3-18-13-29-26(32-22(18)12-17)31-20-8-10-36-11-9-20/h2-7,12-15,20,23,25H,8-11H2,1H3,(H,33,35)(H,29,31,32). The molecular weight excluding hydrogens is 482 g/mol. The van der Waals surface area contributed by atoms with E-state index in [-0.39, 0.29) is 17.7 Å². The SMILES string of the molecule is Cn1cc(C(NC(=O)c2ccc3cnc(NC4CCOCC4)nc3c2)c2ccc(OC(F)F)cc2)cn1. The molecule has 1 saturated heterocycles. The summed E-state index contributed by atoms with van der Waals surface area (Å²) in [5.74, 6) is 0.229. The maximum atomic E-state index is 13.3. The number of alkyl halides is 2. The number of carbonyl (C=O) groups excluding carboxylic acids is 1. The molecule has 0 aliphatic carbocycles. The van der Waals surface area contributed by atoms with Crippen LogP contribution in [0.2, 0.25) is 0 Å². The minimum absolute atomic E-state index is 0.0365. The Hall–Kier alpha value is -4.12. The fourth-order valence-electron chi connectivity index (χ4n) is 4.26. The van der Waals surface area contributed by atoms with Crippen LogP contribution in [-0.2, 0) is 11.8 Å². The molecule has 11 heteroatoms. The zero-order chi connectivity index (χ0) is 25.8. The van der Waals surface area contributed by atoms with Crippen molar-refractivity contribution in [3.05, 3.63) is 77.7 Å². The number of carbonyl (C=O) groups is 1. The van der Waals surface area contributed by atoms with Gasteiger partial charge in [-0.15, -0.1) is 0 Å². The number of benzene rings is 2. The van der Waals surface area contributed by atoms with Crippen LogP contribution in [0.3, 0.4) is 0 Å². The van der Waals surface area contributed by atoms with Crippen molar-refractivity contribution in [2.45, 2.75) is 31.5 Å². The molecule has 0 bridgehead atoms. The lowest BCUT2D eigenvalue weighted by Gasteiger charge is -2.23. The maximum Gasteiger partial charge on any atom is 0.387 e. The Balaban J connectivity index is 1.38. The second kappa shape index (κ2) is 10.9. The Kier molecular flexibility index (Phi) is 7.22. The van der Waals surface area contributed by atoms with Crippen molar-refractivity contribution >= 4 is 22.8 Å². The van der Waals surface area contributed by atoms with Crippen LogP contribution in [0.5, 0.6) is 5.75 Å². The van der Waals surface area contributed by atoms with Crippen molar-refractivity contribution in [3.63, 3.8) is 0 Å². The summed E-state index contributed by atoms with van der Waals surface area (Å²) in [6.07, 6.45) is 6.93. The molecule has 192 valence electrons. The Bertz CT molecular complexity index is 1370. The first kappa shape index (κ1) is 24.6. The third-order valence-electron chi connectivity index (χ3n) is 6.17. The van der Waals surface area contributed by atoms with Gasteiger partial charge >= 0.3 is 6.61 Å². The summed E-state index contributed by atoms with van der Waals surface area (Å²) in [7, 11) is 1.77. The van der Waals surface area contributed by atoms with Gasteiger partial charge in [0, 0.05) is 55.2 Å². The lowest BCUT2D eigenvalue weighted by molar-refractivity contribution is -0.0498. The van der Waals surface area contributed by atoms with Crippen LogP contribution in [0.1, 0.15) is 40.4 Å². The van der Waals surface area contributed by atoms with E-state index in [4.69, 9.17) is 4.74 Å². The van der Waals surface area contributed by atoms with E-state index in [1.807, 2.05) is 0 Å². The number of anilines is 1. The maximum absolute atomic E-state index is 13.3. The molecule has 0 radical (unpaired) electrons. The molecule has 4 aromatic rings. The fourth-order valence-corrected chi connectivity index (χ4v) is 4.26. The number of aryl methyl sites for hydroxylation is 1. The normalized spacial score (nSPS) is 15.0. The first-order chi connectivity index (χ1) is 17.9. The molecule has 3 heterocycles. The van der Waals surface area contributed by atoms with Gasteiger partial charge in [0.1, 0.15) is 5.75 Å². The van der Waals surface area contributed by atoms with Gasteiger partial charge in [-0.25, -0.2) is 9.97 Å². The average molecular weight is 509 g/mol. The Labute approximate surface area is 211 Å². The number of halogens is 2. The van der Waals surface area contributed by atoms with Gasteiger partial charge in [-0.2, -0.15) is 13.9 Å². The highest BCUT2D eigenvalue weighted by Crippen LogP contribution is 2.26. The second-order valence-electron chi connectivity index (χ2n) is 8.80. The van der Waals surface area contributed by atoms with Crippen molar-refractivity contribution in [1.82, 2.24) is 25.1 Å². The van der Waals surface area contributed by atoms with Gasteiger partial charge in [0.25, 0.3) is 5.91 Å². The van der Waals surface area contributed by atoms with E-state index in [0.717, 1.165) is 23.8 Å². The minimum Gasteiger partial charge on any atom is -0.435 e. The van der Waals surface area contributed by atoms with Gasteiger partial charge in [-0.05, 0) is 42.7 Å². The van der Waals surface area contributed by atoms with Crippen LogP contribution >= 0.6 is 0 Å². The van der Waals surface area contributed by atoms with Crippen molar-refractivity contribution < 1.29 is 23.0 Å². The van der Waals surface area contributed by atoms with E-state index >= 15 is 0 Å². The molecule has 2 N–H and O–H groups in total. The number of fused-ring (bicyclic) bond motifs is 1. The van der Waals surface area contributed by atoms with E-state index in [1.165, 1.54) is 12.1 Å².